The molecular weight excluding hydrogens is 232 g/mol. The Hall–Kier alpha value is -2.11. The van der Waals surface area contributed by atoms with Crippen LogP contribution in [0.4, 0.5) is 4.79 Å². The number of aromatic nitrogens is 1. The fourth-order valence-electron chi connectivity index (χ4n) is 1.83. The van der Waals surface area contributed by atoms with E-state index in [1.807, 2.05) is 18.2 Å². The highest BCUT2D eigenvalue weighted by atomic mass is 16.2. The monoisotopic (exact) mass is 248 g/mol. The van der Waals surface area contributed by atoms with Gasteiger partial charge in [0.2, 0.25) is 5.91 Å². The quantitative estimate of drug-likeness (QED) is 0.772. The normalized spacial score (nSPS) is 18.6. The minimum atomic E-state index is -0.416. The van der Waals surface area contributed by atoms with Crippen molar-refractivity contribution in [3.05, 3.63) is 30.1 Å². The van der Waals surface area contributed by atoms with Crippen molar-refractivity contribution in [2.45, 2.75) is 12.5 Å². The Bertz CT molecular complexity index is 435. The summed E-state index contributed by atoms with van der Waals surface area (Å²) in [5.41, 5.74) is 0.937. The fourth-order valence-corrected chi connectivity index (χ4v) is 1.83. The third kappa shape index (κ3) is 2.77. The summed E-state index contributed by atoms with van der Waals surface area (Å²) in [6, 6.07) is 5.06. The number of likely N-dealkylation sites (N-methyl/N-ethyl adjacent to an activating group) is 1. The molecule has 0 bridgehead atoms. The Balaban J connectivity index is 1.77. The Labute approximate surface area is 105 Å². The van der Waals surface area contributed by atoms with Crippen LogP contribution in [0.25, 0.3) is 0 Å². The topological polar surface area (TPSA) is 74.3 Å². The molecule has 18 heavy (non-hydrogen) atoms. The molecular formula is C12H16N4O2. The van der Waals surface area contributed by atoms with Gasteiger partial charge in [-0.15, -0.1) is 0 Å². The zero-order valence-corrected chi connectivity index (χ0v) is 10.2. The van der Waals surface area contributed by atoms with Crippen LogP contribution in [0.1, 0.15) is 5.69 Å². The number of amides is 3. The Morgan fingerprint density at radius 3 is 3.06 bits per heavy atom. The van der Waals surface area contributed by atoms with Gasteiger partial charge in [-0.25, -0.2) is 4.79 Å². The molecule has 0 spiro atoms. The van der Waals surface area contributed by atoms with E-state index >= 15 is 0 Å². The molecule has 2 heterocycles. The van der Waals surface area contributed by atoms with Gasteiger partial charge in [0, 0.05) is 38.4 Å². The maximum Gasteiger partial charge on any atom is 0.317 e. The minimum absolute atomic E-state index is 0.133. The molecule has 1 aliphatic heterocycles. The number of nitrogens with one attached hydrogen (secondary N) is 2. The van der Waals surface area contributed by atoms with Gasteiger partial charge >= 0.3 is 6.03 Å². The van der Waals surface area contributed by atoms with Gasteiger partial charge in [-0.1, -0.05) is 6.07 Å². The van der Waals surface area contributed by atoms with Crippen LogP contribution < -0.4 is 10.6 Å². The molecule has 1 aromatic rings. The number of pyridine rings is 1. The first-order chi connectivity index (χ1) is 8.68. The molecule has 0 radical (unpaired) electrons. The Kier molecular flexibility index (Phi) is 3.76. The third-order valence-electron chi connectivity index (χ3n) is 2.94. The number of urea groups is 1. The maximum absolute atomic E-state index is 11.8. The van der Waals surface area contributed by atoms with Crippen molar-refractivity contribution in [2.24, 2.45) is 0 Å². The SMILES string of the molecule is CN1C(=O)NCC1C(=O)NCCc1ccccn1. The van der Waals surface area contributed by atoms with E-state index in [0.29, 0.717) is 19.5 Å². The average molecular weight is 248 g/mol. The number of hydrogen-bond donors (Lipinski definition) is 2. The molecule has 96 valence electrons. The molecule has 0 saturated carbocycles. The van der Waals surface area contributed by atoms with E-state index in [2.05, 4.69) is 15.6 Å². The molecule has 6 nitrogen and oxygen atoms in total. The van der Waals surface area contributed by atoms with Crippen molar-refractivity contribution in [1.82, 2.24) is 20.5 Å². The first kappa shape index (κ1) is 12.3. The molecule has 0 aromatic carbocycles. The summed E-state index contributed by atoms with van der Waals surface area (Å²) >= 11 is 0. The first-order valence-electron chi connectivity index (χ1n) is 5.87. The van der Waals surface area contributed by atoms with Crippen LogP contribution in [0.2, 0.25) is 0 Å². The lowest BCUT2D eigenvalue weighted by Crippen LogP contribution is -2.44. The van der Waals surface area contributed by atoms with Gasteiger partial charge in [-0.2, -0.15) is 0 Å². The van der Waals surface area contributed by atoms with Crippen molar-refractivity contribution >= 4 is 11.9 Å². The van der Waals surface area contributed by atoms with Gasteiger partial charge in [0.25, 0.3) is 0 Å². The Morgan fingerprint density at radius 2 is 2.44 bits per heavy atom. The highest BCUT2D eigenvalue weighted by molar-refractivity contribution is 5.90. The summed E-state index contributed by atoms with van der Waals surface area (Å²) in [7, 11) is 1.62. The average Bonchev–Trinajstić information content (AvgIpc) is 2.71. The highest BCUT2D eigenvalue weighted by Gasteiger charge is 2.32. The van der Waals surface area contributed by atoms with Crippen molar-refractivity contribution in [1.29, 1.82) is 0 Å². The minimum Gasteiger partial charge on any atom is -0.354 e. The lowest BCUT2D eigenvalue weighted by atomic mass is 10.2. The van der Waals surface area contributed by atoms with Crippen molar-refractivity contribution in [3.63, 3.8) is 0 Å². The van der Waals surface area contributed by atoms with Crippen LogP contribution in [-0.4, -0.2) is 48.0 Å². The molecule has 2 rings (SSSR count). The van der Waals surface area contributed by atoms with E-state index in [-0.39, 0.29) is 11.9 Å². The lowest BCUT2D eigenvalue weighted by molar-refractivity contribution is -0.124. The van der Waals surface area contributed by atoms with E-state index in [1.165, 1.54) is 4.90 Å². The second-order valence-electron chi connectivity index (χ2n) is 4.17. The molecule has 3 amide bonds. The van der Waals surface area contributed by atoms with E-state index in [1.54, 1.807) is 13.2 Å². The number of carbonyl (C=O) groups excluding carboxylic acids is 2. The lowest BCUT2D eigenvalue weighted by Gasteiger charge is -2.17. The number of rotatable bonds is 4. The van der Waals surface area contributed by atoms with Crippen LogP contribution in [0.5, 0.6) is 0 Å². The molecule has 6 heteroatoms. The Morgan fingerprint density at radius 1 is 1.61 bits per heavy atom. The van der Waals surface area contributed by atoms with Crippen molar-refractivity contribution < 1.29 is 9.59 Å². The van der Waals surface area contributed by atoms with Crippen LogP contribution in [-0.2, 0) is 11.2 Å². The molecule has 0 aliphatic carbocycles. The van der Waals surface area contributed by atoms with Gasteiger partial charge in [0.15, 0.2) is 0 Å². The number of nitrogens with zero attached hydrogens (tertiary/aromatic N) is 2. The van der Waals surface area contributed by atoms with Crippen LogP contribution in [0.15, 0.2) is 24.4 Å². The smallest absolute Gasteiger partial charge is 0.317 e. The largest absolute Gasteiger partial charge is 0.354 e. The summed E-state index contributed by atoms with van der Waals surface area (Å²) in [5.74, 6) is -0.133. The molecule has 2 N–H and O–H groups in total. The summed E-state index contributed by atoms with van der Waals surface area (Å²) in [6.07, 6.45) is 2.41. The molecule has 1 aromatic heterocycles. The summed E-state index contributed by atoms with van der Waals surface area (Å²) in [6.45, 7) is 0.888. The van der Waals surface area contributed by atoms with E-state index < -0.39 is 6.04 Å². The zero-order valence-electron chi connectivity index (χ0n) is 10.2. The zero-order chi connectivity index (χ0) is 13.0. The van der Waals surface area contributed by atoms with Gasteiger partial charge < -0.3 is 15.5 Å². The first-order valence-corrected chi connectivity index (χ1v) is 5.87. The maximum atomic E-state index is 11.8. The fraction of sp³-hybridized carbons (Fsp3) is 0.417. The predicted molar refractivity (Wildman–Crippen MR) is 65.9 cm³/mol. The highest BCUT2D eigenvalue weighted by Crippen LogP contribution is 2.03. The van der Waals surface area contributed by atoms with Crippen LogP contribution in [0, 0.1) is 0 Å². The third-order valence-corrected chi connectivity index (χ3v) is 2.94. The number of hydrogen-bond acceptors (Lipinski definition) is 3. The van der Waals surface area contributed by atoms with Crippen molar-refractivity contribution in [3.8, 4) is 0 Å². The van der Waals surface area contributed by atoms with Gasteiger partial charge in [-0.05, 0) is 12.1 Å². The van der Waals surface area contributed by atoms with Gasteiger partial charge in [0.05, 0.1) is 0 Å². The van der Waals surface area contributed by atoms with E-state index in [9.17, 15) is 9.59 Å². The molecule has 1 saturated heterocycles. The van der Waals surface area contributed by atoms with E-state index in [0.717, 1.165) is 5.69 Å². The van der Waals surface area contributed by atoms with Gasteiger partial charge in [0.1, 0.15) is 6.04 Å². The predicted octanol–water partition coefficient (Wildman–Crippen LogP) is -0.236. The molecule has 1 fully saturated rings. The van der Waals surface area contributed by atoms with Gasteiger partial charge in [-0.3, -0.25) is 9.78 Å². The molecule has 1 atom stereocenters. The number of carbonyl (C=O) groups is 2. The summed E-state index contributed by atoms with van der Waals surface area (Å²) in [5, 5.41) is 5.43. The standard InChI is InChI=1S/C12H16N4O2/c1-16-10(8-15-12(16)18)11(17)14-7-5-9-4-2-3-6-13-9/h2-4,6,10H,5,7-8H2,1H3,(H,14,17)(H,15,18). The summed E-state index contributed by atoms with van der Waals surface area (Å²) in [4.78, 5) is 28.6. The summed E-state index contributed by atoms with van der Waals surface area (Å²) < 4.78 is 0. The van der Waals surface area contributed by atoms with Crippen molar-refractivity contribution in [2.75, 3.05) is 20.1 Å². The molecule has 1 unspecified atom stereocenters. The molecule has 1 aliphatic rings. The second-order valence-corrected chi connectivity index (χ2v) is 4.17. The van der Waals surface area contributed by atoms with E-state index in [4.69, 9.17) is 0 Å². The second kappa shape index (κ2) is 5.48. The van der Waals surface area contributed by atoms with Crippen LogP contribution >= 0.6 is 0 Å². The van der Waals surface area contributed by atoms with Crippen LogP contribution in [0.3, 0.4) is 0 Å².